The average Bonchev–Trinajstić information content (AvgIpc) is 3.46. The van der Waals surface area contributed by atoms with Gasteiger partial charge in [-0.1, -0.05) is 127 Å². The summed E-state index contributed by atoms with van der Waals surface area (Å²) in [5, 5.41) is 2.39. The Bertz CT molecular complexity index is 2450. The molecule has 0 saturated heterocycles. The van der Waals surface area contributed by atoms with Gasteiger partial charge < -0.3 is 9.64 Å². The van der Waals surface area contributed by atoms with E-state index in [9.17, 15) is 0 Å². The van der Waals surface area contributed by atoms with Crippen LogP contribution in [0.1, 0.15) is 58.0 Å². The van der Waals surface area contributed by atoms with Crippen molar-refractivity contribution in [2.45, 2.75) is 24.4 Å². The van der Waals surface area contributed by atoms with Crippen molar-refractivity contribution in [2.75, 3.05) is 7.05 Å². The molecule has 0 bridgehead atoms. The van der Waals surface area contributed by atoms with Crippen molar-refractivity contribution in [2.24, 2.45) is 9.98 Å². The second-order valence-electron chi connectivity index (χ2n) is 13.2. The topological polar surface area (TPSA) is 37.2 Å². The fraction of sp³-hybridized carbons (Fsp3) is 0.111. The zero-order chi connectivity index (χ0) is 32.5. The van der Waals surface area contributed by atoms with Crippen LogP contribution in [0, 0.1) is 0 Å². The van der Waals surface area contributed by atoms with Gasteiger partial charge >= 0.3 is 0 Å². The van der Waals surface area contributed by atoms with E-state index in [2.05, 4.69) is 158 Å². The van der Waals surface area contributed by atoms with E-state index in [0.717, 1.165) is 52.4 Å². The highest BCUT2D eigenvalue weighted by Crippen LogP contribution is 2.62. The molecule has 4 aliphatic rings. The van der Waals surface area contributed by atoms with Gasteiger partial charge in [-0.2, -0.15) is 0 Å². The third-order valence-electron chi connectivity index (χ3n) is 10.7. The van der Waals surface area contributed by atoms with Crippen LogP contribution in [0.5, 0.6) is 11.5 Å². The third kappa shape index (κ3) is 4.04. The molecule has 2 atom stereocenters. The van der Waals surface area contributed by atoms with Crippen LogP contribution < -0.4 is 4.74 Å². The third-order valence-corrected chi connectivity index (χ3v) is 10.7. The number of ether oxygens (including phenoxy) is 1. The molecule has 1 spiro atoms. The molecule has 0 amide bonds. The highest BCUT2D eigenvalue weighted by molar-refractivity contribution is 6.13. The SMILES string of the molecule is CN1C(c2ccccc2)=NC(c2ccc3c(c2)C2(C4=C(CCC=C4)c4ccccc42)c2ccccc2O3)=NC1c1cccc2ccccc12. The van der Waals surface area contributed by atoms with Gasteiger partial charge in [0.05, 0.1) is 5.41 Å². The van der Waals surface area contributed by atoms with Crippen molar-refractivity contribution < 1.29 is 4.74 Å². The molecular weight excluding hydrogens is 599 g/mol. The molecule has 0 fully saturated rings. The van der Waals surface area contributed by atoms with Gasteiger partial charge in [-0.25, -0.2) is 9.98 Å². The normalized spacial score (nSPS) is 20.3. The Hall–Kier alpha value is -6.00. The second kappa shape index (κ2) is 10.8. The summed E-state index contributed by atoms with van der Waals surface area (Å²) in [5.41, 5.74) is 10.4. The quantitative estimate of drug-likeness (QED) is 0.195. The van der Waals surface area contributed by atoms with Crippen LogP contribution in [0.4, 0.5) is 0 Å². The number of amidine groups is 2. The Balaban J connectivity index is 1.22. The molecule has 49 heavy (non-hydrogen) atoms. The number of benzene rings is 6. The first-order chi connectivity index (χ1) is 24.2. The maximum Gasteiger partial charge on any atom is 0.159 e. The summed E-state index contributed by atoms with van der Waals surface area (Å²) < 4.78 is 6.72. The van der Waals surface area contributed by atoms with Gasteiger partial charge in [0.1, 0.15) is 17.3 Å². The lowest BCUT2D eigenvalue weighted by molar-refractivity contribution is 0.385. The van der Waals surface area contributed by atoms with Crippen molar-refractivity contribution in [3.05, 3.63) is 196 Å². The molecule has 0 saturated carbocycles. The van der Waals surface area contributed by atoms with Crippen LogP contribution in [-0.2, 0) is 5.41 Å². The number of aliphatic imine (C=N–C) groups is 2. The van der Waals surface area contributed by atoms with Crippen molar-refractivity contribution >= 4 is 28.0 Å². The fourth-order valence-corrected chi connectivity index (χ4v) is 8.55. The van der Waals surface area contributed by atoms with Crippen LogP contribution in [0.2, 0.25) is 0 Å². The average molecular weight is 632 g/mol. The number of hydrogen-bond donors (Lipinski definition) is 0. The molecule has 10 rings (SSSR count). The number of allylic oxidation sites excluding steroid dienone is 4. The summed E-state index contributed by atoms with van der Waals surface area (Å²) in [5.74, 6) is 3.38. The van der Waals surface area contributed by atoms with Crippen molar-refractivity contribution in [3.63, 3.8) is 0 Å². The first kappa shape index (κ1) is 28.1. The molecule has 2 aliphatic heterocycles. The van der Waals surface area contributed by atoms with Crippen LogP contribution in [-0.4, -0.2) is 23.6 Å². The zero-order valence-corrected chi connectivity index (χ0v) is 27.2. The van der Waals surface area contributed by atoms with Crippen molar-refractivity contribution in [3.8, 4) is 11.5 Å². The predicted molar refractivity (Wildman–Crippen MR) is 199 cm³/mol. The molecular formula is C45H33N3O. The minimum Gasteiger partial charge on any atom is -0.457 e. The summed E-state index contributed by atoms with van der Waals surface area (Å²) in [7, 11) is 2.10. The lowest BCUT2D eigenvalue weighted by atomic mass is 9.64. The van der Waals surface area contributed by atoms with Gasteiger partial charge in [-0.3, -0.25) is 0 Å². The number of rotatable bonds is 3. The highest BCUT2D eigenvalue weighted by atomic mass is 16.5. The molecule has 6 aromatic carbocycles. The Morgan fingerprint density at radius 1 is 0.694 bits per heavy atom. The largest absolute Gasteiger partial charge is 0.457 e. The summed E-state index contributed by atoms with van der Waals surface area (Å²) in [4.78, 5) is 13.0. The molecule has 6 aromatic rings. The molecule has 4 heteroatoms. The van der Waals surface area contributed by atoms with Gasteiger partial charge in [-0.15, -0.1) is 0 Å². The van der Waals surface area contributed by atoms with Gasteiger partial charge in [0.15, 0.2) is 12.0 Å². The Kier molecular flexibility index (Phi) is 6.16. The molecule has 0 N–H and O–H groups in total. The minimum absolute atomic E-state index is 0.265. The van der Waals surface area contributed by atoms with E-state index in [4.69, 9.17) is 14.7 Å². The fourth-order valence-electron chi connectivity index (χ4n) is 8.55. The van der Waals surface area contributed by atoms with Gasteiger partial charge in [-0.05, 0) is 70.2 Å². The lowest BCUT2D eigenvalue weighted by Crippen LogP contribution is -2.36. The van der Waals surface area contributed by atoms with Crippen LogP contribution >= 0.6 is 0 Å². The van der Waals surface area contributed by atoms with Crippen molar-refractivity contribution in [1.29, 1.82) is 0 Å². The van der Waals surface area contributed by atoms with Crippen LogP contribution in [0.3, 0.4) is 0 Å². The summed E-state index contributed by atoms with van der Waals surface area (Å²) in [6.07, 6.45) is 6.51. The smallest absolute Gasteiger partial charge is 0.159 e. The molecule has 0 radical (unpaired) electrons. The maximum absolute atomic E-state index is 6.72. The van der Waals surface area contributed by atoms with Crippen LogP contribution in [0.15, 0.2) is 167 Å². The molecule has 2 aliphatic carbocycles. The number of para-hydroxylation sites is 1. The van der Waals surface area contributed by atoms with E-state index in [-0.39, 0.29) is 6.17 Å². The highest BCUT2D eigenvalue weighted by Gasteiger charge is 2.52. The van der Waals surface area contributed by atoms with E-state index in [1.54, 1.807) is 0 Å². The number of nitrogens with zero attached hydrogens (tertiary/aromatic N) is 3. The molecule has 2 heterocycles. The molecule has 4 nitrogen and oxygen atoms in total. The minimum atomic E-state index is -0.504. The number of hydrogen-bond acceptors (Lipinski definition) is 4. The van der Waals surface area contributed by atoms with E-state index in [0.29, 0.717) is 5.84 Å². The first-order valence-corrected chi connectivity index (χ1v) is 17.1. The second-order valence-corrected chi connectivity index (χ2v) is 13.2. The summed E-state index contributed by atoms with van der Waals surface area (Å²) >= 11 is 0. The molecule has 0 aromatic heterocycles. The molecule has 2 unspecified atom stereocenters. The lowest BCUT2D eigenvalue weighted by Gasteiger charge is -2.40. The Morgan fingerprint density at radius 2 is 1.45 bits per heavy atom. The Labute approximate surface area is 286 Å². The predicted octanol–water partition coefficient (Wildman–Crippen LogP) is 10.2. The zero-order valence-electron chi connectivity index (χ0n) is 27.2. The number of fused-ring (bicyclic) bond motifs is 9. The van der Waals surface area contributed by atoms with Crippen LogP contribution in [0.25, 0.3) is 16.3 Å². The molecule has 234 valence electrons. The Morgan fingerprint density at radius 3 is 2.37 bits per heavy atom. The van der Waals surface area contributed by atoms with E-state index >= 15 is 0 Å². The van der Waals surface area contributed by atoms with E-state index in [1.165, 1.54) is 38.6 Å². The van der Waals surface area contributed by atoms with Gasteiger partial charge in [0, 0.05) is 34.9 Å². The van der Waals surface area contributed by atoms with Gasteiger partial charge in [0.2, 0.25) is 0 Å². The monoisotopic (exact) mass is 631 g/mol. The first-order valence-electron chi connectivity index (χ1n) is 17.1. The van der Waals surface area contributed by atoms with E-state index < -0.39 is 5.41 Å². The van der Waals surface area contributed by atoms with Gasteiger partial charge in [0.25, 0.3) is 0 Å². The standard InChI is InChI=1S/C45H33N3O/c1-48-43(30-15-3-2-4-16-30)46-42(47-44(48)35-21-13-17-29-14-5-6-18-32(29)35)31-26-27-41-39(28-31)45(38-24-11-12-25-40(38)49-41)36-22-9-7-19-33(36)34-20-8-10-23-37(34)45/h2-7,9-19,21-28,44H,8,20H2,1H3. The van der Waals surface area contributed by atoms with E-state index in [1.807, 2.05) is 6.07 Å². The summed E-state index contributed by atoms with van der Waals surface area (Å²) in [6, 6.07) is 49.6. The summed E-state index contributed by atoms with van der Waals surface area (Å²) in [6.45, 7) is 0. The maximum atomic E-state index is 6.72. The van der Waals surface area contributed by atoms with Crippen molar-refractivity contribution in [1.82, 2.24) is 4.90 Å².